The number of nitrogens with zero attached hydrogens (tertiary/aromatic N) is 4. The van der Waals surface area contributed by atoms with Crippen LogP contribution in [0, 0.1) is 20.2 Å². The normalized spacial score (nSPS) is 10.5. The van der Waals surface area contributed by atoms with Crippen molar-refractivity contribution in [2.75, 3.05) is 0 Å². The number of hydrogen-bond acceptors (Lipinski definition) is 8. The van der Waals surface area contributed by atoms with Crippen molar-refractivity contribution < 1.29 is 19.4 Å². The van der Waals surface area contributed by atoms with E-state index in [2.05, 4.69) is 31.3 Å². The van der Waals surface area contributed by atoms with Crippen LogP contribution in [0.1, 0.15) is 10.5 Å². The molecule has 1 aromatic heterocycles. The van der Waals surface area contributed by atoms with E-state index in [9.17, 15) is 25.0 Å². The van der Waals surface area contributed by atoms with E-state index in [0.29, 0.717) is 4.47 Å². The highest BCUT2D eigenvalue weighted by molar-refractivity contribution is 9.10. The smallest absolute Gasteiger partial charge is 0.318 e. The Kier molecular flexibility index (Phi) is 5.00. The molecular weight excluding hydrogens is 440 g/mol. The number of non-ortho nitro benzene ring substituents is 1. The first-order valence-electron chi connectivity index (χ1n) is 7.39. The Morgan fingerprint density at radius 3 is 2.43 bits per heavy atom. The summed E-state index contributed by atoms with van der Waals surface area (Å²) in [5.41, 5.74) is 4.42. The van der Waals surface area contributed by atoms with Crippen LogP contribution in [-0.4, -0.2) is 31.2 Å². The Hall–Kier alpha value is -3.87. The number of nitrogens with one attached hydrogen (secondary N) is 1. The number of carbonyl (C=O) groups is 1. The van der Waals surface area contributed by atoms with E-state index in [-0.39, 0.29) is 28.5 Å². The third-order valence-electron chi connectivity index (χ3n) is 3.55. The molecule has 0 saturated carbocycles. The molecule has 0 spiro atoms. The number of carbonyl (C=O) groups excluding carboxylic acids is 1. The van der Waals surface area contributed by atoms with Crippen molar-refractivity contribution in [2.24, 2.45) is 5.73 Å². The van der Waals surface area contributed by atoms with E-state index in [4.69, 9.17) is 10.5 Å². The molecule has 142 valence electrons. The second-order valence-electron chi connectivity index (χ2n) is 5.29. The lowest BCUT2D eigenvalue weighted by atomic mass is 10.1. The highest BCUT2D eigenvalue weighted by atomic mass is 79.9. The molecule has 0 saturated heterocycles. The van der Waals surface area contributed by atoms with Crippen LogP contribution in [0.15, 0.2) is 40.9 Å². The van der Waals surface area contributed by atoms with Gasteiger partial charge in [-0.1, -0.05) is 15.9 Å². The summed E-state index contributed by atoms with van der Waals surface area (Å²) in [6.45, 7) is 0. The van der Waals surface area contributed by atoms with Crippen molar-refractivity contribution >= 4 is 33.2 Å². The molecule has 0 aliphatic carbocycles. The molecule has 28 heavy (non-hydrogen) atoms. The molecule has 0 aliphatic heterocycles. The van der Waals surface area contributed by atoms with Crippen molar-refractivity contribution in [3.05, 3.63) is 66.8 Å². The van der Waals surface area contributed by atoms with E-state index in [1.165, 1.54) is 6.07 Å². The predicted molar refractivity (Wildman–Crippen MR) is 97.9 cm³/mol. The molecule has 13 heteroatoms. The van der Waals surface area contributed by atoms with E-state index < -0.39 is 27.1 Å². The molecule has 1 heterocycles. The van der Waals surface area contributed by atoms with Crippen LogP contribution in [0.5, 0.6) is 11.5 Å². The molecular formula is C15H9BrN6O6. The molecule has 1 amide bonds. The first-order valence-corrected chi connectivity index (χ1v) is 8.18. The second-order valence-corrected chi connectivity index (χ2v) is 6.21. The van der Waals surface area contributed by atoms with Crippen molar-refractivity contribution in [3.8, 4) is 22.8 Å². The number of amides is 1. The Labute approximate surface area is 163 Å². The Balaban J connectivity index is 2.12. The number of nitrogens with two attached hydrogens (primary N) is 1. The summed E-state index contributed by atoms with van der Waals surface area (Å²) in [5.74, 6) is -0.976. The van der Waals surface area contributed by atoms with Crippen molar-refractivity contribution in [1.82, 2.24) is 15.4 Å². The fourth-order valence-corrected chi connectivity index (χ4v) is 2.69. The van der Waals surface area contributed by atoms with Gasteiger partial charge in [0.2, 0.25) is 5.75 Å². The molecule has 3 aromatic rings. The zero-order chi connectivity index (χ0) is 20.4. The maximum atomic E-state index is 11.5. The lowest BCUT2D eigenvalue weighted by molar-refractivity contribution is -0.394. The molecule has 3 N–H and O–H groups in total. The number of nitro benzene ring substituents is 2. The van der Waals surface area contributed by atoms with Crippen molar-refractivity contribution in [3.63, 3.8) is 0 Å². The number of nitro groups is 2. The van der Waals surface area contributed by atoms with Crippen LogP contribution in [0.4, 0.5) is 11.4 Å². The molecule has 12 nitrogen and oxygen atoms in total. The molecule has 0 atom stereocenters. The number of aromatic nitrogens is 3. The zero-order valence-corrected chi connectivity index (χ0v) is 15.2. The number of aromatic amines is 1. The number of primary amides is 1. The molecule has 0 unspecified atom stereocenters. The zero-order valence-electron chi connectivity index (χ0n) is 13.7. The van der Waals surface area contributed by atoms with Crippen LogP contribution >= 0.6 is 15.9 Å². The third-order valence-corrected chi connectivity index (χ3v) is 4.04. The number of H-pyrrole nitrogens is 1. The Morgan fingerprint density at radius 2 is 1.79 bits per heavy atom. The SMILES string of the molecule is NC(=O)c1n[nH]nc1-c1cc(Br)ccc1Oc1ccc([N+](=O)[O-])cc1[N+](=O)[O-]. The minimum atomic E-state index is -0.837. The van der Waals surface area contributed by atoms with Gasteiger partial charge < -0.3 is 10.5 Å². The minimum absolute atomic E-state index is 0.0772. The van der Waals surface area contributed by atoms with Gasteiger partial charge in [0.05, 0.1) is 15.9 Å². The quantitative estimate of drug-likeness (QED) is 0.426. The van der Waals surface area contributed by atoms with Gasteiger partial charge in [0.25, 0.3) is 11.6 Å². The minimum Gasteiger partial charge on any atom is -0.449 e. The summed E-state index contributed by atoms with van der Waals surface area (Å²) in [5, 5.41) is 32.0. The molecule has 0 aliphatic rings. The van der Waals surface area contributed by atoms with Gasteiger partial charge in [-0.25, -0.2) is 0 Å². The molecule has 0 fully saturated rings. The third kappa shape index (κ3) is 3.64. The summed E-state index contributed by atoms with van der Waals surface area (Å²) in [6, 6.07) is 7.60. The van der Waals surface area contributed by atoms with Crippen LogP contribution in [-0.2, 0) is 0 Å². The highest BCUT2D eigenvalue weighted by Gasteiger charge is 2.24. The van der Waals surface area contributed by atoms with Gasteiger partial charge in [-0.3, -0.25) is 25.0 Å². The van der Waals surface area contributed by atoms with Crippen LogP contribution < -0.4 is 10.5 Å². The van der Waals surface area contributed by atoms with Gasteiger partial charge >= 0.3 is 5.69 Å². The molecule has 2 aromatic carbocycles. The molecule has 0 bridgehead atoms. The average molecular weight is 449 g/mol. The van der Waals surface area contributed by atoms with E-state index in [1.807, 2.05) is 0 Å². The summed E-state index contributed by atoms with van der Waals surface area (Å²) < 4.78 is 6.23. The monoisotopic (exact) mass is 448 g/mol. The van der Waals surface area contributed by atoms with Gasteiger partial charge in [-0.05, 0) is 24.3 Å². The average Bonchev–Trinajstić information content (AvgIpc) is 3.13. The summed E-state index contributed by atoms with van der Waals surface area (Å²) in [6.07, 6.45) is 0. The first kappa shape index (κ1) is 18.9. The van der Waals surface area contributed by atoms with Gasteiger partial charge in [0.1, 0.15) is 11.4 Å². The van der Waals surface area contributed by atoms with Gasteiger partial charge in [-0.2, -0.15) is 15.4 Å². The predicted octanol–water partition coefficient (Wildman–Crippen LogP) is 2.94. The first-order chi connectivity index (χ1) is 13.3. The summed E-state index contributed by atoms with van der Waals surface area (Å²) >= 11 is 3.28. The largest absolute Gasteiger partial charge is 0.449 e. The maximum absolute atomic E-state index is 11.5. The Morgan fingerprint density at radius 1 is 1.07 bits per heavy atom. The van der Waals surface area contributed by atoms with Gasteiger partial charge in [0.15, 0.2) is 5.69 Å². The van der Waals surface area contributed by atoms with E-state index in [1.54, 1.807) is 12.1 Å². The fourth-order valence-electron chi connectivity index (χ4n) is 2.33. The lowest BCUT2D eigenvalue weighted by Gasteiger charge is -2.11. The summed E-state index contributed by atoms with van der Waals surface area (Å²) in [4.78, 5) is 32.2. The van der Waals surface area contributed by atoms with Gasteiger partial charge in [0, 0.05) is 16.1 Å². The summed E-state index contributed by atoms with van der Waals surface area (Å²) in [7, 11) is 0. The van der Waals surface area contributed by atoms with Crippen molar-refractivity contribution in [1.29, 1.82) is 0 Å². The number of rotatable bonds is 6. The number of hydrogen-bond donors (Lipinski definition) is 2. The number of ether oxygens (including phenoxy) is 1. The Bertz CT molecular complexity index is 1110. The number of benzene rings is 2. The lowest BCUT2D eigenvalue weighted by Crippen LogP contribution is -2.13. The number of halogens is 1. The standard InChI is InChI=1S/C15H9BrN6O6/c16-7-1-3-11(9(5-7)13-14(15(17)23)19-20-18-13)28-12-4-2-8(21(24)25)6-10(12)22(26)27/h1-6H,(H2,17,23)(H,18,19,20). The second kappa shape index (κ2) is 7.40. The molecule has 0 radical (unpaired) electrons. The van der Waals surface area contributed by atoms with Crippen molar-refractivity contribution in [2.45, 2.75) is 0 Å². The van der Waals surface area contributed by atoms with Gasteiger partial charge in [-0.15, -0.1) is 0 Å². The topological polar surface area (TPSA) is 180 Å². The fraction of sp³-hybridized carbons (Fsp3) is 0. The van der Waals surface area contributed by atoms with Crippen LogP contribution in [0.2, 0.25) is 0 Å². The van der Waals surface area contributed by atoms with Crippen LogP contribution in [0.3, 0.4) is 0 Å². The highest BCUT2D eigenvalue weighted by Crippen LogP contribution is 2.39. The van der Waals surface area contributed by atoms with Crippen LogP contribution in [0.25, 0.3) is 11.3 Å². The molecule has 3 rings (SSSR count). The van der Waals surface area contributed by atoms with E-state index in [0.717, 1.165) is 18.2 Å². The van der Waals surface area contributed by atoms with E-state index >= 15 is 0 Å². The maximum Gasteiger partial charge on any atom is 0.318 e.